The molecule has 3 rings (SSSR count). The number of hydrogen-bond donors (Lipinski definition) is 1. The summed E-state index contributed by atoms with van der Waals surface area (Å²) >= 11 is 0. The molecular weight excluding hydrogens is 278 g/mol. The lowest BCUT2D eigenvalue weighted by atomic mass is 9.90. The molecule has 0 spiro atoms. The van der Waals surface area contributed by atoms with Gasteiger partial charge in [0.15, 0.2) is 0 Å². The Morgan fingerprint density at radius 3 is 2.30 bits per heavy atom. The molecule has 1 N–H and O–H groups in total. The number of rotatable bonds is 3. The van der Waals surface area contributed by atoms with E-state index in [9.17, 15) is 0 Å². The third-order valence-electron chi connectivity index (χ3n) is 4.19. The molecule has 0 radical (unpaired) electrons. The normalized spacial score (nSPS) is 16.2. The van der Waals surface area contributed by atoms with Gasteiger partial charge in [-0.05, 0) is 61.4 Å². The Balaban J connectivity index is 2.11. The number of aryl methyl sites for hydroxylation is 2. The maximum absolute atomic E-state index is 4.14. The Labute approximate surface area is 139 Å². The zero-order valence-electron chi connectivity index (χ0n) is 14.1. The van der Waals surface area contributed by atoms with Crippen LogP contribution < -0.4 is 5.32 Å². The van der Waals surface area contributed by atoms with Gasteiger partial charge in [0.1, 0.15) is 0 Å². The zero-order chi connectivity index (χ0) is 16.4. The van der Waals surface area contributed by atoms with Crippen LogP contribution in [0.15, 0.2) is 67.4 Å². The topological polar surface area (TPSA) is 12.0 Å². The first-order valence-corrected chi connectivity index (χ1v) is 8.02. The average molecular weight is 301 g/mol. The fourth-order valence-electron chi connectivity index (χ4n) is 3.17. The first kappa shape index (κ1) is 15.4. The van der Waals surface area contributed by atoms with Gasteiger partial charge < -0.3 is 5.32 Å². The number of hydrogen-bond acceptors (Lipinski definition) is 1. The van der Waals surface area contributed by atoms with Crippen molar-refractivity contribution in [2.45, 2.75) is 26.8 Å². The molecule has 1 unspecified atom stereocenters. The molecule has 116 valence electrons. The summed E-state index contributed by atoms with van der Waals surface area (Å²) in [5.41, 5.74) is 8.70. The largest absolute Gasteiger partial charge is 0.381 e. The minimum atomic E-state index is 0.192. The highest BCUT2D eigenvalue weighted by Gasteiger charge is 2.14. The van der Waals surface area contributed by atoms with Gasteiger partial charge in [-0.1, -0.05) is 65.8 Å². The Hall–Kier alpha value is -2.54. The van der Waals surface area contributed by atoms with Crippen LogP contribution in [0, 0.1) is 13.8 Å². The molecular formula is C22H23N. The Bertz CT molecular complexity index is 788. The van der Waals surface area contributed by atoms with E-state index < -0.39 is 0 Å². The quantitative estimate of drug-likeness (QED) is 0.764. The standard InChI is InChI=1S/C22H23N/c1-15(2)20-9-8-18(19-12-16(3)11-17(4)13-19)14-21(20)22-7-5-6-10-23-22/h5-14,22-23H,1H2,2-4H3. The molecule has 1 heteroatoms. The molecule has 23 heavy (non-hydrogen) atoms. The van der Waals surface area contributed by atoms with Crippen LogP contribution in [0.2, 0.25) is 0 Å². The van der Waals surface area contributed by atoms with Crippen molar-refractivity contribution in [1.29, 1.82) is 0 Å². The number of nitrogens with one attached hydrogen (secondary N) is 1. The lowest BCUT2D eigenvalue weighted by molar-refractivity contribution is 0.744. The van der Waals surface area contributed by atoms with Crippen molar-refractivity contribution in [1.82, 2.24) is 5.32 Å². The Kier molecular flexibility index (Phi) is 4.20. The van der Waals surface area contributed by atoms with Crippen LogP contribution in [0.3, 0.4) is 0 Å². The molecule has 0 aliphatic carbocycles. The van der Waals surface area contributed by atoms with Crippen molar-refractivity contribution >= 4 is 5.57 Å². The molecule has 0 bridgehead atoms. The van der Waals surface area contributed by atoms with Crippen molar-refractivity contribution < 1.29 is 0 Å². The van der Waals surface area contributed by atoms with E-state index in [1.807, 2.05) is 12.3 Å². The summed E-state index contributed by atoms with van der Waals surface area (Å²) in [7, 11) is 0. The molecule has 1 heterocycles. The van der Waals surface area contributed by atoms with Crippen LogP contribution in [0.1, 0.15) is 35.2 Å². The fraction of sp³-hybridized carbons (Fsp3) is 0.182. The van der Waals surface area contributed by atoms with E-state index in [2.05, 4.69) is 81.2 Å². The minimum Gasteiger partial charge on any atom is -0.381 e. The second-order valence-corrected chi connectivity index (χ2v) is 6.35. The van der Waals surface area contributed by atoms with Gasteiger partial charge in [-0.15, -0.1) is 0 Å². The summed E-state index contributed by atoms with van der Waals surface area (Å²) in [5.74, 6) is 0. The Morgan fingerprint density at radius 2 is 1.70 bits per heavy atom. The highest BCUT2D eigenvalue weighted by atomic mass is 14.9. The molecule has 0 aromatic heterocycles. The van der Waals surface area contributed by atoms with Gasteiger partial charge in [-0.25, -0.2) is 0 Å². The third-order valence-corrected chi connectivity index (χ3v) is 4.19. The van der Waals surface area contributed by atoms with Gasteiger partial charge in [-0.2, -0.15) is 0 Å². The minimum absolute atomic E-state index is 0.192. The van der Waals surface area contributed by atoms with Gasteiger partial charge >= 0.3 is 0 Å². The predicted molar refractivity (Wildman–Crippen MR) is 100 cm³/mol. The van der Waals surface area contributed by atoms with Crippen LogP contribution >= 0.6 is 0 Å². The summed E-state index contributed by atoms with van der Waals surface area (Å²) in [6.07, 6.45) is 8.29. The van der Waals surface area contributed by atoms with Crippen LogP contribution in [0.25, 0.3) is 16.7 Å². The second-order valence-electron chi connectivity index (χ2n) is 6.35. The van der Waals surface area contributed by atoms with Crippen molar-refractivity contribution in [2.24, 2.45) is 0 Å². The predicted octanol–water partition coefficient (Wildman–Crippen LogP) is 5.72. The van der Waals surface area contributed by atoms with E-state index in [4.69, 9.17) is 0 Å². The zero-order valence-corrected chi connectivity index (χ0v) is 14.1. The molecule has 0 saturated heterocycles. The molecule has 1 atom stereocenters. The van der Waals surface area contributed by atoms with E-state index in [0.29, 0.717) is 0 Å². The SMILES string of the molecule is C=C(C)c1ccc(-c2cc(C)cc(C)c2)cc1C1C=CC=CN1. The smallest absolute Gasteiger partial charge is 0.0701 e. The lowest BCUT2D eigenvalue weighted by Crippen LogP contribution is -2.16. The van der Waals surface area contributed by atoms with Crippen LogP contribution in [-0.4, -0.2) is 0 Å². The van der Waals surface area contributed by atoms with Crippen LogP contribution in [0.5, 0.6) is 0 Å². The van der Waals surface area contributed by atoms with Crippen molar-refractivity contribution in [3.63, 3.8) is 0 Å². The van der Waals surface area contributed by atoms with Gasteiger partial charge in [0.25, 0.3) is 0 Å². The fourth-order valence-corrected chi connectivity index (χ4v) is 3.17. The molecule has 0 fully saturated rings. The summed E-state index contributed by atoms with van der Waals surface area (Å²) in [5, 5.41) is 3.42. The maximum atomic E-state index is 4.14. The summed E-state index contributed by atoms with van der Waals surface area (Å²) in [6, 6.07) is 13.6. The highest BCUT2D eigenvalue weighted by molar-refractivity contribution is 5.73. The van der Waals surface area contributed by atoms with E-state index >= 15 is 0 Å². The monoisotopic (exact) mass is 301 g/mol. The summed E-state index contributed by atoms with van der Waals surface area (Å²) < 4.78 is 0. The van der Waals surface area contributed by atoms with E-state index in [1.54, 1.807) is 0 Å². The number of dihydropyridines is 1. The molecule has 1 nitrogen and oxygen atoms in total. The molecule has 2 aromatic carbocycles. The van der Waals surface area contributed by atoms with E-state index in [-0.39, 0.29) is 6.04 Å². The Morgan fingerprint density at radius 1 is 0.957 bits per heavy atom. The van der Waals surface area contributed by atoms with Crippen molar-refractivity contribution in [3.05, 3.63) is 89.7 Å². The van der Waals surface area contributed by atoms with E-state index in [1.165, 1.54) is 33.4 Å². The number of allylic oxidation sites excluding steroid dienone is 3. The summed E-state index contributed by atoms with van der Waals surface area (Å²) in [6.45, 7) is 10.5. The van der Waals surface area contributed by atoms with Crippen molar-refractivity contribution in [2.75, 3.05) is 0 Å². The molecule has 0 saturated carbocycles. The first-order chi connectivity index (χ1) is 11.0. The van der Waals surface area contributed by atoms with Crippen LogP contribution in [-0.2, 0) is 0 Å². The third kappa shape index (κ3) is 3.29. The average Bonchev–Trinajstić information content (AvgIpc) is 2.54. The maximum Gasteiger partial charge on any atom is 0.0701 e. The molecule has 1 aliphatic heterocycles. The second kappa shape index (κ2) is 6.29. The van der Waals surface area contributed by atoms with Crippen LogP contribution in [0.4, 0.5) is 0 Å². The highest BCUT2D eigenvalue weighted by Crippen LogP contribution is 2.31. The van der Waals surface area contributed by atoms with Gasteiger partial charge in [0.2, 0.25) is 0 Å². The van der Waals surface area contributed by atoms with Gasteiger partial charge in [0.05, 0.1) is 6.04 Å². The van der Waals surface area contributed by atoms with Crippen molar-refractivity contribution in [3.8, 4) is 11.1 Å². The first-order valence-electron chi connectivity index (χ1n) is 8.02. The summed E-state index contributed by atoms with van der Waals surface area (Å²) in [4.78, 5) is 0. The van der Waals surface area contributed by atoms with Gasteiger partial charge in [0, 0.05) is 0 Å². The molecule has 2 aromatic rings. The number of benzene rings is 2. The lowest BCUT2D eigenvalue weighted by Gasteiger charge is -2.21. The van der Waals surface area contributed by atoms with E-state index in [0.717, 1.165) is 5.57 Å². The molecule has 1 aliphatic rings. The molecule has 0 amide bonds. The van der Waals surface area contributed by atoms with Gasteiger partial charge in [-0.3, -0.25) is 0 Å².